The molecule has 0 bridgehead atoms. The predicted octanol–water partition coefficient (Wildman–Crippen LogP) is 4.89. The minimum atomic E-state index is -0.913. The van der Waals surface area contributed by atoms with Crippen molar-refractivity contribution in [1.29, 1.82) is 0 Å². The third-order valence-corrected chi connectivity index (χ3v) is 8.01. The van der Waals surface area contributed by atoms with Crippen molar-refractivity contribution >= 4 is 22.4 Å². The van der Waals surface area contributed by atoms with Gasteiger partial charge in [-0.25, -0.2) is 9.78 Å². The second-order valence-corrected chi connectivity index (χ2v) is 10.6. The van der Waals surface area contributed by atoms with Gasteiger partial charge in [-0.3, -0.25) is 0 Å². The summed E-state index contributed by atoms with van der Waals surface area (Å²) in [7, 11) is 1.99. The van der Waals surface area contributed by atoms with Crippen LogP contribution in [0, 0.1) is 0 Å². The van der Waals surface area contributed by atoms with Gasteiger partial charge in [-0.1, -0.05) is 55.7 Å². The fraction of sp³-hybridized carbons (Fsp3) is 0.290. The summed E-state index contributed by atoms with van der Waals surface area (Å²) in [5.41, 5.74) is 5.96. The molecule has 1 heterocycles. The minimum absolute atomic E-state index is 0. The molecule has 0 unspecified atom stereocenters. The van der Waals surface area contributed by atoms with Crippen LogP contribution in [0.3, 0.4) is 0 Å². The Morgan fingerprint density at radius 2 is 1.63 bits per heavy atom. The summed E-state index contributed by atoms with van der Waals surface area (Å²) in [5.74, 6) is 0.662. The molecule has 1 N–H and O–H groups in total. The largest absolute Gasteiger partial charge is 1.00 e. The van der Waals surface area contributed by atoms with Crippen molar-refractivity contribution in [1.82, 2.24) is 4.98 Å². The van der Waals surface area contributed by atoms with Crippen LogP contribution in [-0.2, 0) is 13.2 Å². The summed E-state index contributed by atoms with van der Waals surface area (Å²) in [5, 5.41) is 12.0. The van der Waals surface area contributed by atoms with Crippen molar-refractivity contribution in [2.75, 3.05) is 11.9 Å². The third-order valence-electron chi connectivity index (χ3n) is 7.05. The van der Waals surface area contributed by atoms with Gasteiger partial charge in [0.15, 0.2) is 5.13 Å². The van der Waals surface area contributed by atoms with Crippen LogP contribution in [0.4, 0.5) is 5.13 Å². The van der Waals surface area contributed by atoms with Crippen LogP contribution in [0.15, 0.2) is 78.2 Å². The zero-order valence-electron chi connectivity index (χ0n) is 23.1. The molecule has 0 radical (unpaired) electrons. The Bertz CT molecular complexity index is 1320. The first kappa shape index (κ1) is 28.4. The molecule has 5 nitrogen and oxygen atoms in total. The quantitative estimate of drug-likeness (QED) is 0.309. The molecule has 5 rings (SSSR count). The van der Waals surface area contributed by atoms with Gasteiger partial charge in [-0.2, -0.15) is 0 Å². The average molecular weight is 537 g/mol. The first-order chi connectivity index (χ1) is 18.0. The molecule has 3 aromatic carbocycles. The number of aromatic nitrogens is 1. The molecule has 1 aliphatic rings. The molecule has 1 aromatic heterocycles. The number of aromatic carboxylic acids is 1. The molecule has 4 aromatic rings. The van der Waals surface area contributed by atoms with E-state index in [2.05, 4.69) is 34.5 Å². The first-order valence-corrected chi connectivity index (χ1v) is 13.7. The van der Waals surface area contributed by atoms with Crippen molar-refractivity contribution in [2.45, 2.75) is 51.2 Å². The first-order valence-electron chi connectivity index (χ1n) is 12.9. The minimum Gasteiger partial charge on any atom is -1.00 e. The van der Waals surface area contributed by atoms with Crippen LogP contribution in [0.25, 0.3) is 11.3 Å². The molecule has 0 aliphatic heterocycles. The van der Waals surface area contributed by atoms with Crippen molar-refractivity contribution in [3.8, 4) is 17.0 Å². The number of anilines is 1. The molecule has 1 aliphatic carbocycles. The Balaban J connectivity index is 0.00000210. The molecule has 0 atom stereocenters. The van der Waals surface area contributed by atoms with Crippen LogP contribution in [-0.4, -0.2) is 23.1 Å². The maximum Gasteiger partial charge on any atom is 1.00 e. The Morgan fingerprint density at radius 1 is 0.974 bits per heavy atom. The average Bonchev–Trinajstić information content (AvgIpc) is 3.44. The SMILES string of the molecule is CN(Cc1ccc(C(=O)O)cc1)c1nc(-c2ccc(OCc3ccc(C4CCCCC4)cc3)cc2)cs1.[H-].[Na+]. The summed E-state index contributed by atoms with van der Waals surface area (Å²) in [4.78, 5) is 17.9. The Labute approximate surface area is 252 Å². The van der Waals surface area contributed by atoms with Gasteiger partial charge in [-0.05, 0) is 71.8 Å². The number of carboxylic acid groups (broad SMARTS) is 1. The van der Waals surface area contributed by atoms with Crippen LogP contribution in [0.2, 0.25) is 0 Å². The number of carboxylic acids is 1. The summed E-state index contributed by atoms with van der Waals surface area (Å²) >= 11 is 1.59. The van der Waals surface area contributed by atoms with Gasteiger partial charge in [-0.15, -0.1) is 11.3 Å². The van der Waals surface area contributed by atoms with E-state index >= 15 is 0 Å². The monoisotopic (exact) mass is 536 g/mol. The second kappa shape index (κ2) is 13.4. The van der Waals surface area contributed by atoms with Gasteiger partial charge < -0.3 is 16.2 Å². The molecule has 38 heavy (non-hydrogen) atoms. The van der Waals surface area contributed by atoms with Crippen molar-refractivity contribution in [3.05, 3.63) is 100 Å². The van der Waals surface area contributed by atoms with E-state index in [1.54, 1.807) is 23.5 Å². The molecule has 0 spiro atoms. The molecular weight excluding hydrogens is 503 g/mol. The molecule has 192 valence electrons. The summed E-state index contributed by atoms with van der Waals surface area (Å²) in [6, 6.07) is 24.0. The van der Waals surface area contributed by atoms with Crippen molar-refractivity contribution in [2.24, 2.45) is 0 Å². The summed E-state index contributed by atoms with van der Waals surface area (Å²) in [6.07, 6.45) is 6.74. The molecule has 0 amide bonds. The van der Waals surface area contributed by atoms with Crippen LogP contribution < -0.4 is 39.2 Å². The zero-order valence-corrected chi connectivity index (χ0v) is 24.9. The Kier molecular flexibility index (Phi) is 10.0. The van der Waals surface area contributed by atoms with E-state index in [-0.39, 0.29) is 31.0 Å². The Morgan fingerprint density at radius 3 is 2.29 bits per heavy atom. The number of carbonyl (C=O) groups is 1. The molecular formula is C31H33N2NaO3S. The Hall–Kier alpha value is -2.64. The number of hydrogen-bond acceptors (Lipinski definition) is 5. The second-order valence-electron chi connectivity index (χ2n) is 9.76. The van der Waals surface area contributed by atoms with Gasteiger partial charge in [0.1, 0.15) is 12.4 Å². The standard InChI is InChI=1S/C31H32N2O3S.Na.H/c1-33(19-22-7-13-27(14-8-22)30(34)35)31-32-29(21-37-31)26-15-17-28(18-16-26)36-20-23-9-11-25(12-10-23)24-5-3-2-4-6-24;;/h7-18,21,24H,2-6,19-20H2,1H3,(H,34,35);;/q;+1;-1. The van der Waals surface area contributed by atoms with Gasteiger partial charge in [0, 0.05) is 24.5 Å². The van der Waals surface area contributed by atoms with E-state index in [0.717, 1.165) is 33.6 Å². The van der Waals surface area contributed by atoms with E-state index in [1.807, 2.05) is 43.4 Å². The maximum absolute atomic E-state index is 11.1. The van der Waals surface area contributed by atoms with E-state index in [9.17, 15) is 4.79 Å². The van der Waals surface area contributed by atoms with Gasteiger partial charge in [0.2, 0.25) is 0 Å². The van der Waals surface area contributed by atoms with E-state index in [4.69, 9.17) is 14.8 Å². The summed E-state index contributed by atoms with van der Waals surface area (Å²) < 4.78 is 6.04. The van der Waals surface area contributed by atoms with E-state index in [0.29, 0.717) is 18.7 Å². The number of thiazole rings is 1. The predicted molar refractivity (Wildman–Crippen MR) is 151 cm³/mol. The molecule has 1 saturated carbocycles. The van der Waals surface area contributed by atoms with Crippen LogP contribution in [0.5, 0.6) is 5.75 Å². The van der Waals surface area contributed by atoms with Gasteiger partial charge in [0.25, 0.3) is 0 Å². The summed E-state index contributed by atoms with van der Waals surface area (Å²) in [6.45, 7) is 1.21. The fourth-order valence-corrected chi connectivity index (χ4v) is 5.68. The third kappa shape index (κ3) is 7.26. The van der Waals surface area contributed by atoms with Crippen LogP contribution >= 0.6 is 11.3 Å². The number of hydrogen-bond donors (Lipinski definition) is 1. The van der Waals surface area contributed by atoms with Gasteiger partial charge in [0.05, 0.1) is 11.3 Å². The number of benzene rings is 3. The topological polar surface area (TPSA) is 62.7 Å². The van der Waals surface area contributed by atoms with E-state index < -0.39 is 5.97 Å². The van der Waals surface area contributed by atoms with Gasteiger partial charge >= 0.3 is 35.5 Å². The number of nitrogens with zero attached hydrogens (tertiary/aromatic N) is 2. The normalized spacial score (nSPS) is 13.5. The van der Waals surface area contributed by atoms with E-state index in [1.165, 1.54) is 43.2 Å². The zero-order chi connectivity index (χ0) is 25.6. The molecule has 1 fully saturated rings. The molecule has 7 heteroatoms. The number of ether oxygens (including phenoxy) is 1. The van der Waals surface area contributed by atoms with Crippen molar-refractivity contribution in [3.63, 3.8) is 0 Å². The smallest absolute Gasteiger partial charge is 1.00 e. The van der Waals surface area contributed by atoms with Crippen molar-refractivity contribution < 1.29 is 45.6 Å². The molecule has 0 saturated heterocycles. The fourth-order valence-electron chi connectivity index (χ4n) is 4.88. The number of rotatable bonds is 9. The van der Waals surface area contributed by atoms with Crippen LogP contribution in [0.1, 0.15) is 66.5 Å². The maximum atomic E-state index is 11.1.